The summed E-state index contributed by atoms with van der Waals surface area (Å²) in [5.74, 6) is 6.47. The summed E-state index contributed by atoms with van der Waals surface area (Å²) in [4.78, 5) is 34.7. The van der Waals surface area contributed by atoms with Gasteiger partial charge >= 0.3 is 11.9 Å². The van der Waals surface area contributed by atoms with Gasteiger partial charge in [-0.25, -0.2) is 19.6 Å². The highest BCUT2D eigenvalue weighted by Crippen LogP contribution is 2.26. The average Bonchev–Trinajstić information content (AvgIpc) is 3.10. The smallest absolute Gasteiger partial charge is 0.343 e. The zero-order chi connectivity index (χ0) is 33.9. The monoisotopic (exact) mass is 632 g/mol. The molecule has 0 radical (unpaired) electrons. The van der Waals surface area contributed by atoms with E-state index in [2.05, 4.69) is 49.4 Å². The zero-order valence-corrected chi connectivity index (χ0v) is 27.4. The second-order valence-corrected chi connectivity index (χ2v) is 11.7. The van der Waals surface area contributed by atoms with Gasteiger partial charge in [-0.1, -0.05) is 88.4 Å². The lowest BCUT2D eigenvalue weighted by Crippen LogP contribution is -2.11. The molecule has 0 saturated heterocycles. The van der Waals surface area contributed by atoms with Crippen molar-refractivity contribution in [3.8, 4) is 11.5 Å². The van der Waals surface area contributed by atoms with Crippen LogP contribution in [-0.4, -0.2) is 23.7 Å². The van der Waals surface area contributed by atoms with Crippen molar-refractivity contribution >= 4 is 46.2 Å². The van der Waals surface area contributed by atoms with E-state index in [4.69, 9.17) is 9.47 Å². The Kier molecular flexibility index (Phi) is 11.1. The maximum atomic E-state index is 12.8. The van der Waals surface area contributed by atoms with Gasteiger partial charge in [-0.2, -0.15) is 0 Å². The Morgan fingerprint density at radius 3 is 1.08 bits per heavy atom. The van der Waals surface area contributed by atoms with Crippen molar-refractivity contribution in [1.29, 1.82) is 0 Å². The van der Waals surface area contributed by atoms with Crippen LogP contribution in [0, 0.1) is 11.8 Å². The molecule has 0 heterocycles. The lowest BCUT2D eigenvalue weighted by Gasteiger charge is -2.10. The molecule has 0 unspecified atom stereocenters. The molecule has 0 aliphatic heterocycles. The second kappa shape index (κ2) is 16.0. The van der Waals surface area contributed by atoms with Crippen LogP contribution >= 0.6 is 0 Å². The number of ether oxygens (including phenoxy) is 2. The lowest BCUT2D eigenvalue weighted by molar-refractivity contribution is 0.0720. The second-order valence-electron chi connectivity index (χ2n) is 11.7. The van der Waals surface area contributed by atoms with Gasteiger partial charge in [0.15, 0.2) is 0 Å². The molecule has 6 nitrogen and oxygen atoms in total. The molecule has 0 bridgehead atoms. The van der Waals surface area contributed by atoms with E-state index in [1.54, 1.807) is 48.5 Å². The molecule has 6 heteroatoms. The van der Waals surface area contributed by atoms with Gasteiger partial charge in [0, 0.05) is 11.1 Å². The lowest BCUT2D eigenvalue weighted by atomic mass is 9.97. The minimum atomic E-state index is -0.534. The number of para-hydroxylation sites is 2. The van der Waals surface area contributed by atoms with Crippen molar-refractivity contribution in [3.63, 3.8) is 0 Å². The number of rotatable bonds is 10. The van der Waals surface area contributed by atoms with Gasteiger partial charge in [0.25, 0.3) is 0 Å². The average molecular weight is 633 g/mol. The minimum absolute atomic E-state index is 0.190. The minimum Gasteiger partial charge on any atom is -0.423 e. The first-order valence-corrected chi connectivity index (χ1v) is 15.8. The highest BCUT2D eigenvalue weighted by Gasteiger charge is 2.14. The van der Waals surface area contributed by atoms with E-state index < -0.39 is 11.9 Å². The summed E-state index contributed by atoms with van der Waals surface area (Å²) in [6.45, 7) is 8.32. The largest absolute Gasteiger partial charge is 0.423 e. The maximum absolute atomic E-state index is 12.8. The summed E-state index contributed by atoms with van der Waals surface area (Å²) in [6.07, 6.45) is 0. The van der Waals surface area contributed by atoms with Gasteiger partial charge in [0.2, 0.25) is 0 Å². The molecule has 238 valence electrons. The van der Waals surface area contributed by atoms with Gasteiger partial charge in [-0.3, -0.25) is 0 Å². The number of allylic oxidation sites excluding steroid dienone is 2. The van der Waals surface area contributed by atoms with E-state index in [1.165, 1.54) is 0 Å². The number of esters is 2. The standard InChI is InChI=1S/C42H36N2O4/c1-29(2)39(27-43-35-11-7-5-8-12-35)31-19-23-37(24-20-31)47-41(45)33-15-17-34(18-16-33)42(46)48-38-25-21-32(22-26-38)40(30(3)4)28-44-36-13-9-6-10-14-36/h5-26,29-30H,1-4H3. The van der Waals surface area contributed by atoms with Crippen LogP contribution < -0.4 is 9.47 Å². The highest BCUT2D eigenvalue weighted by molar-refractivity contribution is 5.96. The molecule has 0 aromatic heterocycles. The summed E-state index contributed by atoms with van der Waals surface area (Å²) in [5, 5.41) is 0. The van der Waals surface area contributed by atoms with Crippen molar-refractivity contribution < 1.29 is 19.1 Å². The van der Waals surface area contributed by atoms with Crippen molar-refractivity contribution in [3.05, 3.63) is 156 Å². The first kappa shape index (κ1) is 33.3. The molecule has 5 rings (SSSR count). The van der Waals surface area contributed by atoms with Crippen molar-refractivity contribution in [1.82, 2.24) is 0 Å². The van der Waals surface area contributed by atoms with Crippen LogP contribution in [0.5, 0.6) is 11.5 Å². The van der Waals surface area contributed by atoms with Gasteiger partial charge in [0.1, 0.15) is 11.5 Å². The zero-order valence-electron chi connectivity index (χ0n) is 27.4. The number of carbonyl (C=O) groups is 2. The highest BCUT2D eigenvalue weighted by atomic mass is 16.5. The number of nitrogens with zero attached hydrogens (tertiary/aromatic N) is 2. The third-order valence-electron chi connectivity index (χ3n) is 7.39. The maximum Gasteiger partial charge on any atom is 0.343 e. The Labute approximate surface area is 281 Å². The topological polar surface area (TPSA) is 77.3 Å². The molecule has 5 aromatic rings. The van der Waals surface area contributed by atoms with E-state index in [-0.39, 0.29) is 11.8 Å². The van der Waals surface area contributed by atoms with Crippen molar-refractivity contribution in [2.75, 3.05) is 0 Å². The third kappa shape index (κ3) is 9.02. The Morgan fingerprint density at radius 1 is 0.458 bits per heavy atom. The number of hydrogen-bond donors (Lipinski definition) is 0. The van der Waals surface area contributed by atoms with E-state index >= 15 is 0 Å². The Balaban J connectivity index is 1.20. The van der Waals surface area contributed by atoms with Gasteiger partial charge < -0.3 is 9.47 Å². The van der Waals surface area contributed by atoms with Crippen LogP contribution in [0.4, 0.5) is 11.4 Å². The Hall–Kier alpha value is -6.06. The molecule has 0 fully saturated rings. The summed E-state index contributed by atoms with van der Waals surface area (Å²) in [7, 11) is 0. The predicted octanol–water partition coefficient (Wildman–Crippen LogP) is 10.2. The first-order valence-electron chi connectivity index (χ1n) is 15.8. The molecule has 0 atom stereocenters. The summed E-state index contributed by atoms with van der Waals surface area (Å²) >= 11 is 0. The fourth-order valence-electron chi connectivity index (χ4n) is 4.79. The van der Waals surface area contributed by atoms with Crippen molar-refractivity contribution in [2.24, 2.45) is 21.8 Å². The molecule has 48 heavy (non-hydrogen) atoms. The van der Waals surface area contributed by atoms with Gasteiger partial charge in [0.05, 0.1) is 22.5 Å². The fraction of sp³-hybridized carbons (Fsp3) is 0.143. The Bertz CT molecular complexity index is 1830. The van der Waals surface area contributed by atoms with Crippen LogP contribution in [0.15, 0.2) is 143 Å². The quantitative estimate of drug-likeness (QED) is 0.0872. The number of hydrogen-bond acceptors (Lipinski definition) is 6. The number of benzene rings is 5. The predicted molar refractivity (Wildman–Crippen MR) is 193 cm³/mol. The molecule has 0 aliphatic rings. The third-order valence-corrected chi connectivity index (χ3v) is 7.39. The Morgan fingerprint density at radius 2 is 0.771 bits per heavy atom. The van der Waals surface area contributed by atoms with Gasteiger partial charge in [-0.15, -0.1) is 0 Å². The van der Waals surface area contributed by atoms with Gasteiger partial charge in [-0.05, 0) is 107 Å². The van der Waals surface area contributed by atoms with E-state index in [0.717, 1.165) is 33.6 Å². The van der Waals surface area contributed by atoms with Crippen LogP contribution in [0.2, 0.25) is 0 Å². The van der Waals surface area contributed by atoms with Crippen LogP contribution in [-0.2, 0) is 0 Å². The van der Waals surface area contributed by atoms with E-state index in [9.17, 15) is 9.59 Å². The first-order chi connectivity index (χ1) is 23.3. The summed E-state index contributed by atoms with van der Waals surface area (Å²) in [5.41, 5.74) is 6.04. The number of aliphatic imine (C=N–C) groups is 2. The number of carbonyl (C=O) groups excluding carboxylic acids is 2. The molecule has 0 N–H and O–H groups in total. The van der Waals surface area contributed by atoms with Crippen molar-refractivity contribution in [2.45, 2.75) is 27.7 Å². The van der Waals surface area contributed by atoms with Crippen LogP contribution in [0.3, 0.4) is 0 Å². The molecule has 0 spiro atoms. The molecule has 0 saturated carbocycles. The SMILES string of the molecule is CC(C)C(=C=Nc1ccccc1)c1ccc(OC(=O)c2ccc(C(=O)Oc3ccc(C(=C=Nc4ccccc4)C(C)C)cc3)cc2)cc1. The molecule has 0 aliphatic carbocycles. The molecule has 5 aromatic carbocycles. The molecular formula is C42H36N2O4. The van der Waals surface area contributed by atoms with E-state index in [0.29, 0.717) is 22.6 Å². The normalized spacial score (nSPS) is 10.5. The van der Waals surface area contributed by atoms with Crippen LogP contribution in [0.25, 0.3) is 11.1 Å². The molecule has 0 amide bonds. The fourth-order valence-corrected chi connectivity index (χ4v) is 4.79. The molecular weight excluding hydrogens is 596 g/mol. The summed E-state index contributed by atoms with van der Waals surface area (Å²) in [6, 6.07) is 40.0. The van der Waals surface area contributed by atoms with E-state index in [1.807, 2.05) is 84.9 Å². The summed E-state index contributed by atoms with van der Waals surface area (Å²) < 4.78 is 11.2. The van der Waals surface area contributed by atoms with Crippen LogP contribution in [0.1, 0.15) is 59.5 Å².